The summed E-state index contributed by atoms with van der Waals surface area (Å²) < 4.78 is 38.6. The summed E-state index contributed by atoms with van der Waals surface area (Å²) in [6, 6.07) is 2.71. The summed E-state index contributed by atoms with van der Waals surface area (Å²) in [6.07, 6.45) is 4.10. The van der Waals surface area contributed by atoms with Gasteiger partial charge in [0.2, 0.25) is 0 Å². The maximum Gasteiger partial charge on any atom is 0.416 e. The summed E-state index contributed by atoms with van der Waals surface area (Å²) >= 11 is 5.94. The fourth-order valence-corrected chi connectivity index (χ4v) is 3.44. The highest BCUT2D eigenvalue weighted by Crippen LogP contribution is 2.32. The van der Waals surface area contributed by atoms with Crippen molar-refractivity contribution in [1.82, 2.24) is 10.6 Å². The van der Waals surface area contributed by atoms with Gasteiger partial charge in [-0.25, -0.2) is 0 Å². The van der Waals surface area contributed by atoms with Crippen LogP contribution in [0, 0.1) is 5.92 Å². The van der Waals surface area contributed by atoms with Gasteiger partial charge in [0.1, 0.15) is 0 Å². The first-order chi connectivity index (χ1) is 13.2. The number of rotatable bonds is 7. The first kappa shape index (κ1) is 22.1. The normalized spacial score (nSPS) is 20.4. The molecule has 1 saturated carbocycles. The quantitative estimate of drug-likeness (QED) is 0.581. The molecule has 1 fully saturated rings. The summed E-state index contributed by atoms with van der Waals surface area (Å²) in [4.78, 5) is 12.4. The Labute approximate surface area is 168 Å². The van der Waals surface area contributed by atoms with Crippen LogP contribution in [0.15, 0.2) is 55.3 Å². The zero-order valence-electron chi connectivity index (χ0n) is 15.5. The smallest absolute Gasteiger partial charge is 0.385 e. The summed E-state index contributed by atoms with van der Waals surface area (Å²) in [5, 5.41) is 6.14. The molecule has 3 nitrogen and oxygen atoms in total. The molecule has 7 heteroatoms. The minimum absolute atomic E-state index is 0.00865. The molecule has 1 amide bonds. The van der Waals surface area contributed by atoms with Crippen molar-refractivity contribution >= 4 is 17.5 Å². The number of hydrogen-bond donors (Lipinski definition) is 2. The number of carbonyl (C=O) groups is 1. The molecule has 0 bridgehead atoms. The number of benzene rings is 1. The third-order valence-electron chi connectivity index (χ3n) is 4.83. The van der Waals surface area contributed by atoms with E-state index in [2.05, 4.69) is 23.8 Å². The summed E-state index contributed by atoms with van der Waals surface area (Å²) in [6.45, 7) is 8.19. The van der Waals surface area contributed by atoms with E-state index < -0.39 is 17.6 Å². The Morgan fingerprint density at radius 3 is 2.46 bits per heavy atom. The van der Waals surface area contributed by atoms with Crippen molar-refractivity contribution in [2.24, 2.45) is 5.92 Å². The van der Waals surface area contributed by atoms with Crippen LogP contribution in [0.3, 0.4) is 0 Å². The molecule has 0 spiro atoms. The van der Waals surface area contributed by atoms with E-state index in [0.29, 0.717) is 5.92 Å². The van der Waals surface area contributed by atoms with Gasteiger partial charge in [-0.2, -0.15) is 13.2 Å². The topological polar surface area (TPSA) is 41.1 Å². The van der Waals surface area contributed by atoms with Crippen molar-refractivity contribution < 1.29 is 18.0 Å². The Morgan fingerprint density at radius 2 is 1.89 bits per heavy atom. The van der Waals surface area contributed by atoms with E-state index in [9.17, 15) is 18.0 Å². The third-order valence-corrected chi connectivity index (χ3v) is 5.16. The predicted molar refractivity (Wildman–Crippen MR) is 106 cm³/mol. The van der Waals surface area contributed by atoms with E-state index in [1.807, 2.05) is 6.08 Å². The van der Waals surface area contributed by atoms with Gasteiger partial charge < -0.3 is 10.6 Å². The highest BCUT2D eigenvalue weighted by Gasteiger charge is 2.32. The van der Waals surface area contributed by atoms with E-state index in [1.54, 1.807) is 12.2 Å². The predicted octanol–water partition coefficient (Wildman–Crippen LogP) is 5.49. The Hall–Kier alpha value is -2.21. The molecule has 0 heterocycles. The maximum atomic E-state index is 12.9. The van der Waals surface area contributed by atoms with E-state index in [0.717, 1.165) is 56.1 Å². The Balaban J connectivity index is 1.89. The second kappa shape index (κ2) is 9.82. The molecule has 0 saturated heterocycles. The van der Waals surface area contributed by atoms with E-state index in [4.69, 9.17) is 11.6 Å². The minimum Gasteiger partial charge on any atom is -0.385 e. The van der Waals surface area contributed by atoms with Crippen molar-refractivity contribution in [3.63, 3.8) is 0 Å². The lowest BCUT2D eigenvalue weighted by molar-refractivity contribution is -0.137. The summed E-state index contributed by atoms with van der Waals surface area (Å²) in [7, 11) is 0. The number of allylic oxidation sites excluding steroid dienone is 3. The van der Waals surface area contributed by atoms with Crippen molar-refractivity contribution in [2.45, 2.75) is 37.9 Å². The molecule has 1 aromatic rings. The molecule has 152 valence electrons. The number of nitrogens with one attached hydrogen (secondary N) is 2. The van der Waals surface area contributed by atoms with Gasteiger partial charge in [-0.1, -0.05) is 30.8 Å². The average molecular weight is 413 g/mol. The number of halogens is 4. The zero-order chi connectivity index (χ0) is 20.7. The van der Waals surface area contributed by atoms with Crippen LogP contribution in [0.2, 0.25) is 5.02 Å². The standard InChI is InChI=1S/C21H24ClF3N2O/c1-3-5-16(4-2)26-13-14-6-9-17(10-7-14)27-20(28)18-12-15(21(23,24)25)8-11-19(18)22/h3-5,8,11-12,14,17,26H,1-2,6-7,9-10,13H2,(H,27,28)/b16-5+. The van der Waals surface area contributed by atoms with Gasteiger partial charge in [-0.15, -0.1) is 0 Å². The second-order valence-corrected chi connectivity index (χ2v) is 7.23. The van der Waals surface area contributed by atoms with Crippen LogP contribution in [-0.2, 0) is 6.18 Å². The molecule has 0 radical (unpaired) electrons. The van der Waals surface area contributed by atoms with Crippen molar-refractivity contribution in [3.8, 4) is 0 Å². The molecule has 0 unspecified atom stereocenters. The Kier molecular flexibility index (Phi) is 7.75. The Bertz CT molecular complexity index is 751. The van der Waals surface area contributed by atoms with Crippen LogP contribution in [0.25, 0.3) is 0 Å². The molecule has 0 aromatic heterocycles. The molecule has 0 atom stereocenters. The molecule has 0 aliphatic heterocycles. The highest BCUT2D eigenvalue weighted by molar-refractivity contribution is 6.33. The lowest BCUT2D eigenvalue weighted by atomic mass is 9.86. The van der Waals surface area contributed by atoms with E-state index in [1.165, 1.54) is 0 Å². The van der Waals surface area contributed by atoms with Crippen LogP contribution in [0.5, 0.6) is 0 Å². The zero-order valence-corrected chi connectivity index (χ0v) is 16.2. The van der Waals surface area contributed by atoms with Gasteiger partial charge >= 0.3 is 6.18 Å². The third kappa shape index (κ3) is 6.16. The van der Waals surface area contributed by atoms with Crippen molar-refractivity contribution in [2.75, 3.05) is 6.54 Å². The molecular formula is C21H24ClF3N2O. The largest absolute Gasteiger partial charge is 0.416 e. The lowest BCUT2D eigenvalue weighted by Crippen LogP contribution is -2.39. The maximum absolute atomic E-state index is 12.9. The fraction of sp³-hybridized carbons (Fsp3) is 0.381. The van der Waals surface area contributed by atoms with Gasteiger partial charge in [0.05, 0.1) is 16.1 Å². The molecule has 28 heavy (non-hydrogen) atoms. The molecule has 2 N–H and O–H groups in total. The van der Waals surface area contributed by atoms with E-state index in [-0.39, 0.29) is 16.6 Å². The van der Waals surface area contributed by atoms with E-state index >= 15 is 0 Å². The van der Waals surface area contributed by atoms with Crippen molar-refractivity contribution in [1.29, 1.82) is 0 Å². The molecule has 2 rings (SSSR count). The number of alkyl halides is 3. The van der Waals surface area contributed by atoms with Gasteiger partial charge in [-0.3, -0.25) is 4.79 Å². The first-order valence-corrected chi connectivity index (χ1v) is 9.49. The SMILES string of the molecule is C=C/C=C(\C=C)NCC1CCC(NC(=O)c2cc(C(F)(F)F)ccc2Cl)CC1. The van der Waals surface area contributed by atoms with Crippen LogP contribution in [0.1, 0.15) is 41.6 Å². The lowest BCUT2D eigenvalue weighted by Gasteiger charge is -2.29. The first-order valence-electron chi connectivity index (χ1n) is 9.11. The number of hydrogen-bond acceptors (Lipinski definition) is 2. The summed E-state index contributed by atoms with van der Waals surface area (Å²) in [5.41, 5.74) is -0.127. The van der Waals surface area contributed by atoms with Gasteiger partial charge in [0.15, 0.2) is 0 Å². The average Bonchev–Trinajstić information content (AvgIpc) is 2.65. The molecular weight excluding hydrogens is 389 g/mol. The fourth-order valence-electron chi connectivity index (χ4n) is 3.24. The number of amides is 1. The van der Waals surface area contributed by atoms with Gasteiger partial charge in [-0.05, 0) is 62.0 Å². The van der Waals surface area contributed by atoms with Crippen molar-refractivity contribution in [3.05, 3.63) is 71.4 Å². The Morgan fingerprint density at radius 1 is 1.21 bits per heavy atom. The highest BCUT2D eigenvalue weighted by atomic mass is 35.5. The molecule has 1 aromatic carbocycles. The minimum atomic E-state index is -4.52. The van der Waals surface area contributed by atoms with Crippen LogP contribution >= 0.6 is 11.6 Å². The molecule has 1 aliphatic rings. The number of carbonyl (C=O) groups excluding carboxylic acids is 1. The molecule has 1 aliphatic carbocycles. The van der Waals surface area contributed by atoms with Crippen LogP contribution < -0.4 is 10.6 Å². The summed E-state index contributed by atoms with van der Waals surface area (Å²) in [5.74, 6) is -0.112. The van der Waals surface area contributed by atoms with Crippen LogP contribution in [-0.4, -0.2) is 18.5 Å². The monoisotopic (exact) mass is 412 g/mol. The van der Waals surface area contributed by atoms with Gasteiger partial charge in [0.25, 0.3) is 5.91 Å². The van der Waals surface area contributed by atoms with Gasteiger partial charge in [0, 0.05) is 18.3 Å². The second-order valence-electron chi connectivity index (χ2n) is 6.83. The van der Waals surface area contributed by atoms with Crippen LogP contribution in [0.4, 0.5) is 13.2 Å².